The largest absolute Gasteiger partial charge is 0.382 e. The minimum Gasteiger partial charge on any atom is -0.382 e. The van der Waals surface area contributed by atoms with Gasteiger partial charge >= 0.3 is 0 Å². The maximum absolute atomic E-state index is 5.68. The van der Waals surface area contributed by atoms with E-state index >= 15 is 0 Å². The smallest absolute Gasteiger partial charge is 0.148 e. The van der Waals surface area contributed by atoms with E-state index in [0.29, 0.717) is 11.7 Å². The number of nitrogen functional groups attached to an aromatic ring is 1. The van der Waals surface area contributed by atoms with Crippen LogP contribution >= 0.6 is 0 Å². The zero-order chi connectivity index (χ0) is 8.43. The van der Waals surface area contributed by atoms with Crippen LogP contribution in [0, 0.1) is 0 Å². The molecule has 11 heavy (non-hydrogen) atoms. The average Bonchev–Trinajstić information content (AvgIpc) is 2.30. The molecular formula is C8H15N3. The zero-order valence-corrected chi connectivity index (χ0v) is 7.31. The van der Waals surface area contributed by atoms with E-state index in [1.807, 2.05) is 0 Å². The first-order chi connectivity index (χ1) is 5.16. The van der Waals surface area contributed by atoms with E-state index in [-0.39, 0.29) is 0 Å². The number of nitrogens with two attached hydrogens (primary N) is 1. The number of rotatable bonds is 2. The summed E-state index contributed by atoms with van der Waals surface area (Å²) in [5.74, 6) is 1.11. The number of aryl methyl sites for hydroxylation is 1. The molecule has 0 aromatic carbocycles. The van der Waals surface area contributed by atoms with Crippen molar-refractivity contribution in [3.63, 3.8) is 0 Å². The van der Waals surface area contributed by atoms with Gasteiger partial charge in [-0.25, -0.2) is 0 Å². The molecule has 0 saturated carbocycles. The van der Waals surface area contributed by atoms with Gasteiger partial charge in [0.25, 0.3) is 0 Å². The van der Waals surface area contributed by atoms with Crippen LogP contribution in [0.4, 0.5) is 5.82 Å². The van der Waals surface area contributed by atoms with Crippen LogP contribution in [0.1, 0.15) is 37.9 Å². The highest BCUT2D eigenvalue weighted by atomic mass is 15.2. The van der Waals surface area contributed by atoms with E-state index in [2.05, 4.69) is 31.0 Å². The molecule has 0 aliphatic rings. The van der Waals surface area contributed by atoms with Gasteiger partial charge in [0.15, 0.2) is 0 Å². The summed E-state index contributed by atoms with van der Waals surface area (Å²) < 4.78 is 0. The van der Waals surface area contributed by atoms with Gasteiger partial charge in [0, 0.05) is 11.3 Å². The maximum atomic E-state index is 5.68. The number of aromatic amines is 1. The minimum atomic E-state index is 0.462. The van der Waals surface area contributed by atoms with E-state index in [0.717, 1.165) is 12.1 Å². The third-order valence-corrected chi connectivity index (χ3v) is 1.84. The first kappa shape index (κ1) is 8.11. The molecule has 1 heterocycles. The molecule has 0 aliphatic carbocycles. The Morgan fingerprint density at radius 2 is 2.18 bits per heavy atom. The Labute approximate surface area is 67.0 Å². The lowest BCUT2D eigenvalue weighted by atomic mass is 10.0. The van der Waals surface area contributed by atoms with E-state index in [9.17, 15) is 0 Å². The number of H-pyrrole nitrogens is 1. The fraction of sp³-hybridized carbons (Fsp3) is 0.625. The molecule has 1 aromatic heterocycles. The highest BCUT2D eigenvalue weighted by molar-refractivity contribution is 5.44. The molecule has 0 fully saturated rings. The molecule has 3 nitrogen and oxygen atoms in total. The van der Waals surface area contributed by atoms with Gasteiger partial charge < -0.3 is 5.73 Å². The van der Waals surface area contributed by atoms with Gasteiger partial charge in [-0.1, -0.05) is 20.8 Å². The molecule has 0 aliphatic heterocycles. The van der Waals surface area contributed by atoms with Crippen LogP contribution in [-0.2, 0) is 6.42 Å². The average molecular weight is 153 g/mol. The van der Waals surface area contributed by atoms with Gasteiger partial charge in [-0.2, -0.15) is 5.10 Å². The highest BCUT2D eigenvalue weighted by Crippen LogP contribution is 2.23. The second-order valence-electron chi connectivity index (χ2n) is 3.01. The normalized spacial score (nSPS) is 10.9. The summed E-state index contributed by atoms with van der Waals surface area (Å²) >= 11 is 0. The lowest BCUT2D eigenvalue weighted by molar-refractivity contribution is 0.842. The standard InChI is InChI=1S/C8H15N3/c1-4-6-7(5(2)3)8(9)11-10-6/h5H,4H2,1-3H3,(H3,9,10,11). The summed E-state index contributed by atoms with van der Waals surface area (Å²) in [5.41, 5.74) is 8.01. The van der Waals surface area contributed by atoms with Crippen molar-refractivity contribution in [1.29, 1.82) is 0 Å². The molecule has 0 bridgehead atoms. The van der Waals surface area contributed by atoms with Crippen molar-refractivity contribution < 1.29 is 0 Å². The molecule has 3 N–H and O–H groups in total. The molecule has 62 valence electrons. The van der Waals surface area contributed by atoms with Crippen LogP contribution in [0.15, 0.2) is 0 Å². The summed E-state index contributed by atoms with van der Waals surface area (Å²) in [7, 11) is 0. The van der Waals surface area contributed by atoms with Crippen molar-refractivity contribution in [2.75, 3.05) is 5.73 Å². The highest BCUT2D eigenvalue weighted by Gasteiger charge is 2.11. The molecule has 0 radical (unpaired) electrons. The van der Waals surface area contributed by atoms with E-state index < -0.39 is 0 Å². The Balaban J connectivity index is 3.07. The lowest BCUT2D eigenvalue weighted by Crippen LogP contribution is -1.96. The number of nitrogens with zero attached hydrogens (tertiary/aromatic N) is 1. The first-order valence-electron chi connectivity index (χ1n) is 3.99. The molecular weight excluding hydrogens is 138 g/mol. The quantitative estimate of drug-likeness (QED) is 0.679. The van der Waals surface area contributed by atoms with Crippen LogP contribution < -0.4 is 5.73 Å². The fourth-order valence-electron chi connectivity index (χ4n) is 1.32. The van der Waals surface area contributed by atoms with Crippen molar-refractivity contribution in [2.24, 2.45) is 0 Å². The number of aromatic nitrogens is 2. The third-order valence-electron chi connectivity index (χ3n) is 1.84. The molecule has 0 atom stereocenters. The summed E-state index contributed by atoms with van der Waals surface area (Å²) in [6.07, 6.45) is 0.970. The Bertz CT molecular complexity index is 237. The fourth-order valence-corrected chi connectivity index (χ4v) is 1.32. The van der Waals surface area contributed by atoms with Crippen molar-refractivity contribution >= 4 is 5.82 Å². The van der Waals surface area contributed by atoms with Crippen LogP contribution in [0.5, 0.6) is 0 Å². The Hall–Kier alpha value is -0.990. The summed E-state index contributed by atoms with van der Waals surface area (Å²) in [6, 6.07) is 0. The van der Waals surface area contributed by atoms with E-state index in [1.165, 1.54) is 5.56 Å². The van der Waals surface area contributed by atoms with Gasteiger partial charge in [-0.15, -0.1) is 0 Å². The monoisotopic (exact) mass is 153 g/mol. The Kier molecular flexibility index (Phi) is 2.17. The molecule has 0 unspecified atom stereocenters. The lowest BCUT2D eigenvalue weighted by Gasteiger charge is -2.04. The Morgan fingerprint density at radius 1 is 1.55 bits per heavy atom. The van der Waals surface area contributed by atoms with Crippen LogP contribution in [0.3, 0.4) is 0 Å². The summed E-state index contributed by atoms with van der Waals surface area (Å²) in [5, 5.41) is 6.89. The predicted molar refractivity (Wildman–Crippen MR) is 46.5 cm³/mol. The van der Waals surface area contributed by atoms with E-state index in [1.54, 1.807) is 0 Å². The third kappa shape index (κ3) is 1.37. The van der Waals surface area contributed by atoms with Crippen molar-refractivity contribution in [3.8, 4) is 0 Å². The first-order valence-corrected chi connectivity index (χ1v) is 3.99. The van der Waals surface area contributed by atoms with Crippen molar-refractivity contribution in [1.82, 2.24) is 10.2 Å². The SMILES string of the molecule is CCc1[nH]nc(N)c1C(C)C. The van der Waals surface area contributed by atoms with Crippen molar-refractivity contribution in [2.45, 2.75) is 33.1 Å². The second kappa shape index (κ2) is 2.95. The molecule has 0 spiro atoms. The van der Waals surface area contributed by atoms with Crippen LogP contribution in [0.2, 0.25) is 0 Å². The van der Waals surface area contributed by atoms with Crippen LogP contribution in [0.25, 0.3) is 0 Å². The number of nitrogens with one attached hydrogen (secondary N) is 1. The molecule has 0 saturated heterocycles. The number of hydrogen-bond acceptors (Lipinski definition) is 2. The molecule has 0 amide bonds. The van der Waals surface area contributed by atoms with Gasteiger partial charge in [0.1, 0.15) is 5.82 Å². The van der Waals surface area contributed by atoms with Crippen LogP contribution in [-0.4, -0.2) is 10.2 Å². The van der Waals surface area contributed by atoms with Gasteiger partial charge in [0.05, 0.1) is 0 Å². The number of anilines is 1. The van der Waals surface area contributed by atoms with Gasteiger partial charge in [0.2, 0.25) is 0 Å². The zero-order valence-electron chi connectivity index (χ0n) is 7.31. The summed E-state index contributed by atoms with van der Waals surface area (Å²) in [4.78, 5) is 0. The summed E-state index contributed by atoms with van der Waals surface area (Å²) in [6.45, 7) is 6.35. The maximum Gasteiger partial charge on any atom is 0.148 e. The molecule has 3 heteroatoms. The second-order valence-corrected chi connectivity index (χ2v) is 3.01. The molecule has 1 aromatic rings. The number of hydrogen-bond donors (Lipinski definition) is 2. The Morgan fingerprint density at radius 3 is 2.55 bits per heavy atom. The minimum absolute atomic E-state index is 0.462. The van der Waals surface area contributed by atoms with Gasteiger partial charge in [-0.05, 0) is 12.3 Å². The molecule has 1 rings (SSSR count). The van der Waals surface area contributed by atoms with Crippen molar-refractivity contribution in [3.05, 3.63) is 11.3 Å². The van der Waals surface area contributed by atoms with Gasteiger partial charge in [-0.3, -0.25) is 5.10 Å². The topological polar surface area (TPSA) is 54.7 Å². The predicted octanol–water partition coefficient (Wildman–Crippen LogP) is 1.68. The van der Waals surface area contributed by atoms with E-state index in [4.69, 9.17) is 5.73 Å².